The molecule has 0 atom stereocenters. The lowest BCUT2D eigenvalue weighted by molar-refractivity contribution is 0.627. The Balaban J connectivity index is 3.06. The van der Waals surface area contributed by atoms with Crippen LogP contribution in [0.3, 0.4) is 0 Å². The van der Waals surface area contributed by atoms with Gasteiger partial charge >= 0.3 is 0 Å². The van der Waals surface area contributed by atoms with Crippen molar-refractivity contribution in [3.05, 3.63) is 40.7 Å². The van der Waals surface area contributed by atoms with Gasteiger partial charge in [0, 0.05) is 6.54 Å². The molecule has 2 heteroatoms. The fourth-order valence-corrected chi connectivity index (χ4v) is 1.59. The van der Waals surface area contributed by atoms with Crippen molar-refractivity contribution in [3.63, 3.8) is 0 Å². The molecule has 0 heterocycles. The Morgan fingerprint density at radius 1 is 1.44 bits per heavy atom. The van der Waals surface area contributed by atoms with E-state index in [2.05, 4.69) is 25.2 Å². The Labute approximate surface area is 97.4 Å². The number of aryl methyl sites for hydroxylation is 1. The zero-order valence-corrected chi connectivity index (χ0v) is 10.5. The van der Waals surface area contributed by atoms with E-state index in [1.807, 2.05) is 20.0 Å². The van der Waals surface area contributed by atoms with Crippen molar-refractivity contribution in [3.8, 4) is 0 Å². The Bertz CT molecular complexity index is 380. The lowest BCUT2D eigenvalue weighted by atomic mass is 9.98. The van der Waals surface area contributed by atoms with Gasteiger partial charge in [-0.05, 0) is 43.1 Å². The van der Waals surface area contributed by atoms with Gasteiger partial charge in [0.1, 0.15) is 5.82 Å². The van der Waals surface area contributed by atoms with Gasteiger partial charge in [0.25, 0.3) is 0 Å². The van der Waals surface area contributed by atoms with Crippen LogP contribution in [-0.4, -0.2) is 13.6 Å². The first kappa shape index (κ1) is 12.9. The fourth-order valence-electron chi connectivity index (χ4n) is 1.59. The average molecular weight is 221 g/mol. The van der Waals surface area contributed by atoms with Crippen LogP contribution in [0.5, 0.6) is 0 Å². The summed E-state index contributed by atoms with van der Waals surface area (Å²) >= 11 is 0. The molecule has 0 bridgehead atoms. The van der Waals surface area contributed by atoms with Gasteiger partial charge < -0.3 is 5.32 Å². The topological polar surface area (TPSA) is 12.0 Å². The first-order valence-electron chi connectivity index (χ1n) is 5.65. The highest BCUT2D eigenvalue weighted by Crippen LogP contribution is 2.18. The maximum atomic E-state index is 13.1. The maximum absolute atomic E-state index is 13.1. The van der Waals surface area contributed by atoms with Gasteiger partial charge in [0.15, 0.2) is 0 Å². The van der Waals surface area contributed by atoms with Crippen molar-refractivity contribution < 1.29 is 4.39 Å². The molecule has 16 heavy (non-hydrogen) atoms. The number of hydrogen-bond acceptors (Lipinski definition) is 1. The molecule has 0 saturated heterocycles. The molecular weight excluding hydrogens is 201 g/mol. The smallest absolute Gasteiger partial charge is 0.123 e. The Hall–Kier alpha value is -1.15. The molecule has 0 spiro atoms. The van der Waals surface area contributed by atoms with E-state index in [-0.39, 0.29) is 5.82 Å². The molecule has 0 aromatic heterocycles. The normalized spacial score (nSPS) is 12.2. The van der Waals surface area contributed by atoms with Gasteiger partial charge in [-0.2, -0.15) is 0 Å². The molecule has 1 aromatic carbocycles. The van der Waals surface area contributed by atoms with Gasteiger partial charge in [0.05, 0.1) is 0 Å². The number of halogens is 1. The lowest BCUT2D eigenvalue weighted by Crippen LogP contribution is -2.13. The molecule has 0 amide bonds. The second-order valence-corrected chi connectivity index (χ2v) is 4.41. The molecule has 1 aromatic rings. The number of benzene rings is 1. The molecule has 1 rings (SSSR count). The minimum Gasteiger partial charge on any atom is -0.316 e. The Morgan fingerprint density at radius 2 is 2.12 bits per heavy atom. The average Bonchev–Trinajstić information content (AvgIpc) is 2.22. The molecule has 88 valence electrons. The summed E-state index contributed by atoms with van der Waals surface area (Å²) in [5.74, 6) is 0.291. The summed E-state index contributed by atoms with van der Waals surface area (Å²) in [6.45, 7) is 7.14. The first-order valence-corrected chi connectivity index (χ1v) is 5.65. The van der Waals surface area contributed by atoms with E-state index in [9.17, 15) is 4.39 Å². The number of nitrogens with one attached hydrogen (secondary N) is 1. The second-order valence-electron chi connectivity index (χ2n) is 4.41. The third-order valence-electron chi connectivity index (χ3n) is 2.70. The van der Waals surface area contributed by atoms with E-state index in [4.69, 9.17) is 0 Å². The van der Waals surface area contributed by atoms with Gasteiger partial charge in [0.2, 0.25) is 0 Å². The molecule has 1 N–H and O–H groups in total. The van der Waals surface area contributed by atoms with Crippen LogP contribution in [0.25, 0.3) is 6.08 Å². The monoisotopic (exact) mass is 221 g/mol. The summed E-state index contributed by atoms with van der Waals surface area (Å²) in [6, 6.07) is 4.91. The van der Waals surface area contributed by atoms with Crippen LogP contribution in [0.15, 0.2) is 23.8 Å². The number of likely N-dealkylation sites (N-methyl/N-ethyl adjacent to an activating group) is 1. The van der Waals surface area contributed by atoms with Crippen LogP contribution in [0, 0.1) is 18.7 Å². The summed E-state index contributed by atoms with van der Waals surface area (Å²) < 4.78 is 13.1. The summed E-state index contributed by atoms with van der Waals surface area (Å²) in [4.78, 5) is 0. The van der Waals surface area contributed by atoms with Crippen molar-refractivity contribution in [2.24, 2.45) is 5.92 Å². The molecule has 1 nitrogen and oxygen atoms in total. The summed E-state index contributed by atoms with van der Waals surface area (Å²) in [6.07, 6.45) is 2.08. The number of hydrogen-bond donors (Lipinski definition) is 1. The molecule has 0 aliphatic carbocycles. The fraction of sp³-hybridized carbons (Fsp3) is 0.429. The SMILES string of the molecule is CNC/C(=C/c1cc(F)ccc1C)C(C)C. The summed E-state index contributed by atoms with van der Waals surface area (Å²) in [5.41, 5.74) is 3.37. The Kier molecular flexibility index (Phi) is 4.69. The van der Waals surface area contributed by atoms with E-state index in [0.29, 0.717) is 5.92 Å². The highest BCUT2D eigenvalue weighted by atomic mass is 19.1. The summed E-state index contributed by atoms with van der Waals surface area (Å²) in [5, 5.41) is 3.14. The molecule has 0 fully saturated rings. The molecule has 0 radical (unpaired) electrons. The second kappa shape index (κ2) is 5.80. The quantitative estimate of drug-likeness (QED) is 0.821. The standard InChI is InChI=1S/C14H20FN/c1-10(2)13(9-16-4)7-12-8-14(15)6-5-11(12)3/h5-8,10,16H,9H2,1-4H3/b13-7-. The van der Waals surface area contributed by atoms with Crippen molar-refractivity contribution >= 4 is 6.08 Å². The van der Waals surface area contributed by atoms with Crippen molar-refractivity contribution in [1.29, 1.82) is 0 Å². The summed E-state index contributed by atoms with van der Waals surface area (Å²) in [7, 11) is 1.93. The minimum absolute atomic E-state index is 0.176. The predicted octanol–water partition coefficient (Wildman–Crippen LogP) is 3.39. The third-order valence-corrected chi connectivity index (χ3v) is 2.70. The molecule has 0 aliphatic rings. The largest absolute Gasteiger partial charge is 0.316 e. The van der Waals surface area contributed by atoms with Gasteiger partial charge in [-0.25, -0.2) is 4.39 Å². The van der Waals surface area contributed by atoms with Gasteiger partial charge in [-0.1, -0.05) is 31.6 Å². The zero-order valence-electron chi connectivity index (χ0n) is 10.5. The van der Waals surface area contributed by atoms with Crippen molar-refractivity contribution in [2.75, 3.05) is 13.6 Å². The highest BCUT2D eigenvalue weighted by Gasteiger charge is 2.04. The highest BCUT2D eigenvalue weighted by molar-refractivity contribution is 5.57. The van der Waals surface area contributed by atoms with E-state index < -0.39 is 0 Å². The lowest BCUT2D eigenvalue weighted by Gasteiger charge is -2.12. The minimum atomic E-state index is -0.176. The van der Waals surface area contributed by atoms with Gasteiger partial charge in [-0.15, -0.1) is 0 Å². The van der Waals surface area contributed by atoms with Gasteiger partial charge in [-0.3, -0.25) is 0 Å². The van der Waals surface area contributed by atoms with Crippen LogP contribution in [0.1, 0.15) is 25.0 Å². The maximum Gasteiger partial charge on any atom is 0.123 e. The van der Waals surface area contributed by atoms with Crippen LogP contribution in [0.4, 0.5) is 4.39 Å². The van der Waals surface area contributed by atoms with Crippen molar-refractivity contribution in [2.45, 2.75) is 20.8 Å². The third kappa shape index (κ3) is 3.46. The van der Waals surface area contributed by atoms with Crippen LogP contribution in [0.2, 0.25) is 0 Å². The molecule has 0 saturated carbocycles. The number of rotatable bonds is 4. The molecule has 0 unspecified atom stereocenters. The van der Waals surface area contributed by atoms with Crippen LogP contribution in [-0.2, 0) is 0 Å². The first-order chi connectivity index (χ1) is 7.54. The van der Waals surface area contributed by atoms with Crippen LogP contribution >= 0.6 is 0 Å². The van der Waals surface area contributed by atoms with Crippen LogP contribution < -0.4 is 5.32 Å². The zero-order chi connectivity index (χ0) is 12.1. The van der Waals surface area contributed by atoms with E-state index in [1.165, 1.54) is 11.6 Å². The van der Waals surface area contributed by atoms with E-state index in [0.717, 1.165) is 17.7 Å². The van der Waals surface area contributed by atoms with E-state index in [1.54, 1.807) is 6.07 Å². The van der Waals surface area contributed by atoms with Crippen molar-refractivity contribution in [1.82, 2.24) is 5.32 Å². The van der Waals surface area contributed by atoms with E-state index >= 15 is 0 Å². The molecular formula is C14H20FN. The Morgan fingerprint density at radius 3 is 2.69 bits per heavy atom. The predicted molar refractivity (Wildman–Crippen MR) is 67.9 cm³/mol. The molecule has 0 aliphatic heterocycles.